The Balaban J connectivity index is 1.75. The maximum Gasteiger partial charge on any atom is 0.233 e. The summed E-state index contributed by atoms with van der Waals surface area (Å²) in [7, 11) is 0. The largest absolute Gasteiger partial charge is 0.360 e. The number of carbonyl (C=O) groups is 1. The first kappa shape index (κ1) is 16.5. The van der Waals surface area contributed by atoms with Crippen molar-refractivity contribution in [3.8, 4) is 0 Å². The standard InChI is InChI=1S/C14H24N4OS2/c1-11(2)9-15-13-16-17-14(21-13)20-10-12(19)18-7-5-3-4-6-8-18/h11H,3-10H2,1-2H3,(H,15,16). The molecule has 1 aromatic rings. The van der Waals surface area contributed by atoms with Gasteiger partial charge >= 0.3 is 0 Å². The Morgan fingerprint density at radius 3 is 2.67 bits per heavy atom. The number of likely N-dealkylation sites (tertiary alicyclic amines) is 1. The lowest BCUT2D eigenvalue weighted by molar-refractivity contribution is -0.128. The second-order valence-corrected chi connectivity index (χ2v) is 7.93. The Labute approximate surface area is 134 Å². The van der Waals surface area contributed by atoms with Gasteiger partial charge in [0.25, 0.3) is 0 Å². The topological polar surface area (TPSA) is 58.1 Å². The molecule has 0 atom stereocenters. The predicted octanol–water partition coefficient (Wildman–Crippen LogP) is 3.10. The van der Waals surface area contributed by atoms with E-state index in [0.717, 1.165) is 41.9 Å². The van der Waals surface area contributed by atoms with Gasteiger partial charge in [-0.1, -0.05) is 49.8 Å². The van der Waals surface area contributed by atoms with Crippen LogP contribution in [0.4, 0.5) is 5.13 Å². The van der Waals surface area contributed by atoms with E-state index >= 15 is 0 Å². The van der Waals surface area contributed by atoms with Gasteiger partial charge in [0.2, 0.25) is 11.0 Å². The molecule has 5 nitrogen and oxygen atoms in total. The molecule has 1 fully saturated rings. The van der Waals surface area contributed by atoms with Gasteiger partial charge in [0.1, 0.15) is 0 Å². The molecule has 1 N–H and O–H groups in total. The molecular weight excluding hydrogens is 304 g/mol. The van der Waals surface area contributed by atoms with Gasteiger partial charge in [0, 0.05) is 19.6 Å². The average molecular weight is 329 g/mol. The van der Waals surface area contributed by atoms with Crippen LogP contribution >= 0.6 is 23.1 Å². The van der Waals surface area contributed by atoms with E-state index in [2.05, 4.69) is 29.4 Å². The summed E-state index contributed by atoms with van der Waals surface area (Å²) >= 11 is 3.02. The van der Waals surface area contributed by atoms with Gasteiger partial charge in [0.15, 0.2) is 4.34 Å². The van der Waals surface area contributed by atoms with E-state index in [1.807, 2.05) is 4.90 Å². The zero-order valence-electron chi connectivity index (χ0n) is 12.8. The highest BCUT2D eigenvalue weighted by atomic mass is 32.2. The van der Waals surface area contributed by atoms with Crippen molar-refractivity contribution in [1.29, 1.82) is 0 Å². The van der Waals surface area contributed by atoms with Crippen molar-refractivity contribution in [2.75, 3.05) is 30.7 Å². The normalized spacial score (nSPS) is 16.0. The number of hydrogen-bond acceptors (Lipinski definition) is 6. The third-order valence-electron chi connectivity index (χ3n) is 3.35. The van der Waals surface area contributed by atoms with Crippen molar-refractivity contribution in [1.82, 2.24) is 15.1 Å². The second-order valence-electron chi connectivity index (χ2n) is 5.73. The Morgan fingerprint density at radius 2 is 2.00 bits per heavy atom. The third kappa shape index (κ3) is 5.82. The highest BCUT2D eigenvalue weighted by Crippen LogP contribution is 2.26. The van der Waals surface area contributed by atoms with Gasteiger partial charge < -0.3 is 10.2 Å². The zero-order chi connectivity index (χ0) is 15.1. The van der Waals surface area contributed by atoms with Crippen molar-refractivity contribution >= 4 is 34.1 Å². The first-order chi connectivity index (χ1) is 10.1. The first-order valence-electron chi connectivity index (χ1n) is 7.63. The SMILES string of the molecule is CC(C)CNc1nnc(SCC(=O)N2CCCCCC2)s1. The van der Waals surface area contributed by atoms with E-state index in [1.54, 1.807) is 0 Å². The van der Waals surface area contributed by atoms with Crippen molar-refractivity contribution in [3.63, 3.8) is 0 Å². The molecular formula is C14H24N4OS2. The fourth-order valence-corrected chi connectivity index (χ4v) is 3.83. The van der Waals surface area contributed by atoms with Gasteiger partial charge in [-0.15, -0.1) is 10.2 Å². The summed E-state index contributed by atoms with van der Waals surface area (Å²) in [5.74, 6) is 1.28. The number of rotatable bonds is 6. The lowest BCUT2D eigenvalue weighted by Crippen LogP contribution is -2.33. The highest BCUT2D eigenvalue weighted by molar-refractivity contribution is 8.01. The maximum absolute atomic E-state index is 12.2. The molecule has 0 spiro atoms. The molecule has 7 heteroatoms. The fraction of sp³-hybridized carbons (Fsp3) is 0.786. The smallest absolute Gasteiger partial charge is 0.233 e. The molecule has 21 heavy (non-hydrogen) atoms. The monoisotopic (exact) mass is 328 g/mol. The molecule has 0 saturated carbocycles. The van der Waals surface area contributed by atoms with Crippen LogP contribution in [-0.2, 0) is 4.79 Å². The summed E-state index contributed by atoms with van der Waals surface area (Å²) in [6.45, 7) is 7.03. The van der Waals surface area contributed by atoms with Crippen LogP contribution in [0.25, 0.3) is 0 Å². The summed E-state index contributed by atoms with van der Waals surface area (Å²) in [6, 6.07) is 0. The third-order valence-corrected chi connectivity index (χ3v) is 5.34. The average Bonchev–Trinajstić information content (AvgIpc) is 2.74. The summed E-state index contributed by atoms with van der Waals surface area (Å²) in [4.78, 5) is 14.2. The van der Waals surface area contributed by atoms with Crippen LogP contribution in [0.15, 0.2) is 4.34 Å². The molecule has 1 aromatic heterocycles. The molecule has 0 bridgehead atoms. The van der Waals surface area contributed by atoms with Crippen molar-refractivity contribution in [3.05, 3.63) is 0 Å². The molecule has 1 aliphatic rings. The number of thioether (sulfide) groups is 1. The zero-order valence-corrected chi connectivity index (χ0v) is 14.4. The minimum Gasteiger partial charge on any atom is -0.360 e. The van der Waals surface area contributed by atoms with E-state index in [0.29, 0.717) is 11.7 Å². The van der Waals surface area contributed by atoms with Crippen LogP contribution in [0.3, 0.4) is 0 Å². The van der Waals surface area contributed by atoms with Gasteiger partial charge in [0.05, 0.1) is 5.75 Å². The number of anilines is 1. The summed E-state index contributed by atoms with van der Waals surface area (Å²) in [5, 5.41) is 12.3. The number of carbonyl (C=O) groups excluding carboxylic acids is 1. The Morgan fingerprint density at radius 1 is 1.29 bits per heavy atom. The lowest BCUT2D eigenvalue weighted by Gasteiger charge is -2.19. The molecule has 0 aliphatic carbocycles. The summed E-state index contributed by atoms with van der Waals surface area (Å²) in [5.41, 5.74) is 0. The molecule has 2 heterocycles. The van der Waals surface area contributed by atoms with Crippen LogP contribution in [-0.4, -0.2) is 46.4 Å². The molecule has 0 radical (unpaired) electrons. The lowest BCUT2D eigenvalue weighted by atomic mass is 10.2. The number of hydrogen-bond donors (Lipinski definition) is 1. The Hall–Kier alpha value is -0.820. The van der Waals surface area contributed by atoms with Gasteiger partial charge in [-0.05, 0) is 18.8 Å². The number of nitrogens with zero attached hydrogens (tertiary/aromatic N) is 3. The van der Waals surface area contributed by atoms with Gasteiger partial charge in [-0.25, -0.2) is 0 Å². The molecule has 0 unspecified atom stereocenters. The molecule has 1 aliphatic heterocycles. The fourth-order valence-electron chi connectivity index (χ4n) is 2.17. The van der Waals surface area contributed by atoms with Crippen LogP contribution < -0.4 is 5.32 Å². The molecule has 1 amide bonds. The van der Waals surface area contributed by atoms with Crippen LogP contribution in [0, 0.1) is 5.92 Å². The van der Waals surface area contributed by atoms with Crippen LogP contribution in [0.1, 0.15) is 39.5 Å². The number of nitrogens with one attached hydrogen (secondary N) is 1. The van der Waals surface area contributed by atoms with Crippen molar-refractivity contribution in [2.24, 2.45) is 5.92 Å². The van der Waals surface area contributed by atoms with Crippen LogP contribution in [0.5, 0.6) is 0 Å². The maximum atomic E-state index is 12.2. The van der Waals surface area contributed by atoms with E-state index in [1.165, 1.54) is 35.9 Å². The van der Waals surface area contributed by atoms with E-state index in [4.69, 9.17) is 0 Å². The van der Waals surface area contributed by atoms with E-state index < -0.39 is 0 Å². The minimum atomic E-state index is 0.230. The Kier molecular flexibility index (Phi) is 6.76. The summed E-state index contributed by atoms with van der Waals surface area (Å²) in [6.07, 6.45) is 4.77. The first-order valence-corrected chi connectivity index (χ1v) is 9.43. The minimum absolute atomic E-state index is 0.230. The van der Waals surface area contributed by atoms with E-state index in [-0.39, 0.29) is 5.91 Å². The molecule has 0 aromatic carbocycles. The van der Waals surface area contributed by atoms with Gasteiger partial charge in [-0.2, -0.15) is 0 Å². The number of amides is 1. The molecule has 1 saturated heterocycles. The van der Waals surface area contributed by atoms with E-state index in [9.17, 15) is 4.79 Å². The predicted molar refractivity (Wildman–Crippen MR) is 89.0 cm³/mol. The number of aromatic nitrogens is 2. The Bertz CT molecular complexity index is 442. The highest BCUT2D eigenvalue weighted by Gasteiger charge is 2.16. The van der Waals surface area contributed by atoms with Crippen molar-refractivity contribution in [2.45, 2.75) is 43.9 Å². The summed E-state index contributed by atoms with van der Waals surface area (Å²) < 4.78 is 0.865. The van der Waals surface area contributed by atoms with Gasteiger partial charge in [-0.3, -0.25) is 4.79 Å². The quantitative estimate of drug-likeness (QED) is 0.813. The molecule has 118 valence electrons. The van der Waals surface area contributed by atoms with Crippen molar-refractivity contribution < 1.29 is 4.79 Å². The molecule has 2 rings (SSSR count). The van der Waals surface area contributed by atoms with Crippen LogP contribution in [0.2, 0.25) is 0 Å². The second kappa shape index (κ2) is 8.58.